The summed E-state index contributed by atoms with van der Waals surface area (Å²) in [5, 5.41) is 0. The minimum Gasteiger partial charge on any atom is -0.410 e. The van der Waals surface area contributed by atoms with Crippen LogP contribution in [0.25, 0.3) is 0 Å². The Labute approximate surface area is 138 Å². The summed E-state index contributed by atoms with van der Waals surface area (Å²) in [4.78, 5) is 0. The molecular weight excluding hydrogens is 284 g/mol. The fourth-order valence-corrected chi connectivity index (χ4v) is 4.33. The lowest BCUT2D eigenvalue weighted by atomic mass is 10.1. The van der Waals surface area contributed by atoms with E-state index in [-0.39, 0.29) is 6.10 Å². The molecule has 1 atom stereocenters. The van der Waals surface area contributed by atoms with E-state index in [9.17, 15) is 0 Å². The van der Waals surface area contributed by atoms with Crippen molar-refractivity contribution in [2.45, 2.75) is 64.3 Å². The number of allylic oxidation sites excluding steroid dienone is 2. The highest BCUT2D eigenvalue weighted by Gasteiger charge is 2.25. The van der Waals surface area contributed by atoms with Crippen molar-refractivity contribution in [3.8, 4) is 0 Å². The maximum Gasteiger partial charge on any atom is 0.191 e. The summed E-state index contributed by atoms with van der Waals surface area (Å²) in [6, 6.07) is 11.6. The van der Waals surface area contributed by atoms with Crippen LogP contribution >= 0.6 is 0 Å². The maximum absolute atomic E-state index is 6.51. The Bertz CT molecular complexity index is 436. The molecule has 0 aliphatic heterocycles. The molecule has 0 bridgehead atoms. The average Bonchev–Trinajstić information content (AvgIpc) is 2.51. The Morgan fingerprint density at radius 3 is 2.50 bits per heavy atom. The van der Waals surface area contributed by atoms with E-state index in [4.69, 9.17) is 4.43 Å². The van der Waals surface area contributed by atoms with Crippen molar-refractivity contribution < 1.29 is 4.43 Å². The maximum atomic E-state index is 6.51. The molecule has 0 saturated heterocycles. The molecule has 122 valence electrons. The monoisotopic (exact) mass is 316 g/mol. The zero-order valence-electron chi connectivity index (χ0n) is 14.6. The van der Waals surface area contributed by atoms with Crippen LogP contribution in [0.5, 0.6) is 0 Å². The van der Waals surface area contributed by atoms with Gasteiger partial charge in [0.1, 0.15) is 0 Å². The van der Waals surface area contributed by atoms with Gasteiger partial charge in [0, 0.05) is 0 Å². The summed E-state index contributed by atoms with van der Waals surface area (Å²) in [6.45, 7) is 10.7. The minimum absolute atomic E-state index is 0.147. The average molecular weight is 317 g/mol. The van der Waals surface area contributed by atoms with Crippen molar-refractivity contribution in [1.82, 2.24) is 0 Å². The summed E-state index contributed by atoms with van der Waals surface area (Å²) in [5.74, 6) is 0. The Morgan fingerprint density at radius 1 is 1.14 bits per heavy atom. The second kappa shape index (κ2) is 10.6. The SMILES string of the molecule is C=CCC(O[Si](C)(C)CC=CCCCCC)c1ccccc1. The summed E-state index contributed by atoms with van der Waals surface area (Å²) in [5.41, 5.74) is 1.26. The Kier molecular flexibility index (Phi) is 9.10. The first-order valence-electron chi connectivity index (χ1n) is 8.57. The lowest BCUT2D eigenvalue weighted by Gasteiger charge is -2.28. The van der Waals surface area contributed by atoms with Crippen LogP contribution in [0.15, 0.2) is 55.1 Å². The van der Waals surface area contributed by atoms with Gasteiger partial charge in [-0.15, -0.1) is 6.58 Å². The first-order chi connectivity index (χ1) is 10.6. The zero-order valence-corrected chi connectivity index (χ0v) is 15.6. The molecule has 1 aromatic carbocycles. The summed E-state index contributed by atoms with van der Waals surface area (Å²) >= 11 is 0. The normalized spacial score (nSPS) is 13.4. The van der Waals surface area contributed by atoms with E-state index in [0.29, 0.717) is 0 Å². The lowest BCUT2D eigenvalue weighted by Crippen LogP contribution is -2.31. The van der Waals surface area contributed by atoms with Crippen LogP contribution < -0.4 is 0 Å². The van der Waals surface area contributed by atoms with Crippen molar-refractivity contribution in [3.63, 3.8) is 0 Å². The molecule has 0 heterocycles. The van der Waals surface area contributed by atoms with Gasteiger partial charge in [-0.2, -0.15) is 0 Å². The molecule has 0 spiro atoms. The largest absolute Gasteiger partial charge is 0.410 e. The van der Waals surface area contributed by atoms with Crippen molar-refractivity contribution in [2.75, 3.05) is 0 Å². The first kappa shape index (κ1) is 18.9. The molecule has 0 aliphatic carbocycles. The fraction of sp³-hybridized carbons (Fsp3) is 0.500. The predicted octanol–water partition coefficient (Wildman–Crippen LogP) is 6.66. The molecule has 0 fully saturated rings. The Morgan fingerprint density at radius 2 is 1.86 bits per heavy atom. The Hall–Kier alpha value is -1.12. The molecule has 0 radical (unpaired) electrons. The van der Waals surface area contributed by atoms with Crippen LogP contribution in [0.1, 0.15) is 50.7 Å². The molecule has 0 aromatic heterocycles. The van der Waals surface area contributed by atoms with Crippen molar-refractivity contribution in [2.24, 2.45) is 0 Å². The number of rotatable bonds is 11. The van der Waals surface area contributed by atoms with Crippen molar-refractivity contribution in [1.29, 1.82) is 0 Å². The molecule has 0 amide bonds. The number of hydrogen-bond acceptors (Lipinski definition) is 1. The van der Waals surface area contributed by atoms with Gasteiger partial charge in [-0.05, 0) is 44.0 Å². The second-order valence-electron chi connectivity index (χ2n) is 6.47. The smallest absolute Gasteiger partial charge is 0.191 e. The molecule has 22 heavy (non-hydrogen) atoms. The van der Waals surface area contributed by atoms with E-state index >= 15 is 0 Å². The number of benzene rings is 1. The third-order valence-electron chi connectivity index (χ3n) is 3.76. The van der Waals surface area contributed by atoms with E-state index in [1.807, 2.05) is 6.08 Å². The van der Waals surface area contributed by atoms with E-state index in [2.05, 4.69) is 69.1 Å². The third kappa shape index (κ3) is 7.76. The van der Waals surface area contributed by atoms with E-state index < -0.39 is 8.32 Å². The number of unbranched alkanes of at least 4 members (excludes halogenated alkanes) is 3. The molecule has 0 saturated carbocycles. The van der Waals surface area contributed by atoms with Gasteiger partial charge in [0.05, 0.1) is 6.10 Å². The van der Waals surface area contributed by atoms with Gasteiger partial charge in [0.25, 0.3) is 0 Å². The lowest BCUT2D eigenvalue weighted by molar-refractivity contribution is 0.199. The van der Waals surface area contributed by atoms with Crippen molar-refractivity contribution >= 4 is 8.32 Å². The van der Waals surface area contributed by atoms with Crippen LogP contribution in [0.4, 0.5) is 0 Å². The van der Waals surface area contributed by atoms with E-state index in [0.717, 1.165) is 12.5 Å². The van der Waals surface area contributed by atoms with Crippen LogP contribution in [0.2, 0.25) is 19.1 Å². The van der Waals surface area contributed by atoms with Gasteiger partial charge in [0.15, 0.2) is 8.32 Å². The van der Waals surface area contributed by atoms with Gasteiger partial charge >= 0.3 is 0 Å². The highest BCUT2D eigenvalue weighted by atomic mass is 28.4. The first-order valence-corrected chi connectivity index (χ1v) is 11.7. The summed E-state index contributed by atoms with van der Waals surface area (Å²) < 4.78 is 6.51. The molecule has 1 nitrogen and oxygen atoms in total. The van der Waals surface area contributed by atoms with Crippen LogP contribution in [-0.4, -0.2) is 8.32 Å². The van der Waals surface area contributed by atoms with Gasteiger partial charge in [-0.3, -0.25) is 0 Å². The highest BCUT2D eigenvalue weighted by molar-refractivity contribution is 6.71. The molecule has 0 aliphatic rings. The van der Waals surface area contributed by atoms with Crippen LogP contribution in [0.3, 0.4) is 0 Å². The quantitative estimate of drug-likeness (QED) is 0.252. The van der Waals surface area contributed by atoms with Crippen LogP contribution in [-0.2, 0) is 4.43 Å². The van der Waals surface area contributed by atoms with Crippen LogP contribution in [0, 0.1) is 0 Å². The molecule has 1 aromatic rings. The Balaban J connectivity index is 2.53. The standard InChI is InChI=1S/C20H32OSi/c1-5-7-8-9-10-14-18-22(3,4)21-20(15-6-2)19-16-12-11-13-17-19/h6,10-14,16-17,20H,2,5,7-9,15,18H2,1,3-4H3. The molecule has 2 heteroatoms. The van der Waals surface area contributed by atoms with Crippen molar-refractivity contribution in [3.05, 3.63) is 60.7 Å². The van der Waals surface area contributed by atoms with Gasteiger partial charge in [0.2, 0.25) is 0 Å². The predicted molar refractivity (Wildman–Crippen MR) is 101 cm³/mol. The van der Waals surface area contributed by atoms with E-state index in [1.54, 1.807) is 0 Å². The summed E-state index contributed by atoms with van der Waals surface area (Å²) in [7, 11) is -1.69. The minimum atomic E-state index is -1.69. The van der Waals surface area contributed by atoms with Gasteiger partial charge < -0.3 is 4.43 Å². The van der Waals surface area contributed by atoms with Gasteiger partial charge in [-0.25, -0.2) is 0 Å². The number of hydrogen-bond donors (Lipinski definition) is 0. The third-order valence-corrected chi connectivity index (χ3v) is 5.91. The zero-order chi connectivity index (χ0) is 16.3. The molecular formula is C20H32OSi. The highest BCUT2D eigenvalue weighted by Crippen LogP contribution is 2.27. The van der Waals surface area contributed by atoms with Gasteiger partial charge in [-0.1, -0.05) is 68.3 Å². The second-order valence-corrected chi connectivity index (χ2v) is 10.6. The topological polar surface area (TPSA) is 9.23 Å². The van der Waals surface area contributed by atoms with E-state index in [1.165, 1.54) is 31.2 Å². The molecule has 0 N–H and O–H groups in total. The fourth-order valence-electron chi connectivity index (χ4n) is 2.50. The molecule has 1 unspecified atom stereocenters. The molecule has 1 rings (SSSR count). The summed E-state index contributed by atoms with van der Waals surface area (Å²) in [6.07, 6.45) is 12.8.